The molecule has 2 saturated heterocycles. The van der Waals surface area contributed by atoms with Crippen molar-refractivity contribution in [3.63, 3.8) is 0 Å². The fourth-order valence-electron chi connectivity index (χ4n) is 3.30. The molecule has 4 unspecified atom stereocenters. The molecule has 2 fully saturated rings. The molecule has 2 heterocycles. The smallest absolute Gasteiger partial charge is 0.748 e. The Bertz CT molecular complexity index is 635. The molecule has 0 saturated carbocycles. The Labute approximate surface area is 202 Å². The van der Waals surface area contributed by atoms with Crippen molar-refractivity contribution in [2.45, 2.75) is 62.2 Å². The van der Waals surface area contributed by atoms with Gasteiger partial charge in [0.25, 0.3) is 0 Å². The van der Waals surface area contributed by atoms with E-state index in [0.29, 0.717) is 0 Å². The van der Waals surface area contributed by atoms with Gasteiger partial charge >= 0.3 is 29.6 Å². The van der Waals surface area contributed by atoms with Gasteiger partial charge in [0, 0.05) is 13.0 Å². The summed E-state index contributed by atoms with van der Waals surface area (Å²) in [6.07, 6.45) is -12.0. The summed E-state index contributed by atoms with van der Waals surface area (Å²) < 4.78 is 58.4. The van der Waals surface area contributed by atoms with E-state index >= 15 is 0 Å². The summed E-state index contributed by atoms with van der Waals surface area (Å²) in [4.78, 5) is 0. The van der Waals surface area contributed by atoms with E-state index in [-0.39, 0.29) is 42.8 Å². The second-order valence-corrected chi connectivity index (χ2v) is 8.79. The van der Waals surface area contributed by atoms with Crippen LogP contribution in [-0.2, 0) is 33.8 Å². The van der Waals surface area contributed by atoms with Gasteiger partial charge in [0.15, 0.2) is 12.6 Å². The summed E-state index contributed by atoms with van der Waals surface area (Å²) >= 11 is 0. The number of aliphatic hydroxyl groups is 5. The van der Waals surface area contributed by atoms with Crippen LogP contribution in [0.15, 0.2) is 0 Å². The molecule has 15 heteroatoms. The summed E-state index contributed by atoms with van der Waals surface area (Å²) in [5.74, 6) is -1.38. The van der Waals surface area contributed by atoms with Crippen molar-refractivity contribution >= 4 is 10.1 Å². The van der Waals surface area contributed by atoms with Crippen LogP contribution in [0.3, 0.4) is 0 Å². The maximum atomic E-state index is 10.6. The zero-order valence-electron chi connectivity index (χ0n) is 17.5. The van der Waals surface area contributed by atoms with Crippen molar-refractivity contribution in [2.24, 2.45) is 5.92 Å². The van der Waals surface area contributed by atoms with Crippen LogP contribution in [0.1, 0.15) is 6.92 Å². The van der Waals surface area contributed by atoms with Crippen molar-refractivity contribution in [1.82, 2.24) is 0 Å². The van der Waals surface area contributed by atoms with Crippen LogP contribution >= 0.6 is 0 Å². The van der Waals surface area contributed by atoms with E-state index in [4.69, 9.17) is 23.7 Å². The van der Waals surface area contributed by atoms with Crippen molar-refractivity contribution in [2.75, 3.05) is 32.7 Å². The van der Waals surface area contributed by atoms with Crippen molar-refractivity contribution in [3.8, 4) is 0 Å². The van der Waals surface area contributed by atoms with Gasteiger partial charge in [-0.05, 0) is 0 Å². The van der Waals surface area contributed by atoms with Gasteiger partial charge in [-0.25, -0.2) is 8.42 Å². The summed E-state index contributed by atoms with van der Waals surface area (Å²) in [7, 11) is -3.21. The predicted molar refractivity (Wildman–Crippen MR) is 94.9 cm³/mol. The molecule has 0 bridgehead atoms. The molecule has 0 radical (unpaired) electrons. The number of hydrogen-bond donors (Lipinski definition) is 5. The standard InChI is InChI=1S/C16H30O13S.Na/c1-7-9(6-26-3-4-30(22,23)24)28-16(12(20)10(7)18)29-14-8(5-17)27-15(25-2)13(21)11(14)19;/h7-21H,3-6H2,1-2H3,(H,22,23,24);/q;+1/p-1/t7-,8?,9?,10+,11-,12?,13?,14+,15-,16+;/m0./s1. The monoisotopic (exact) mass is 484 g/mol. The molecule has 13 nitrogen and oxygen atoms in total. The minimum absolute atomic E-state index is 0. The van der Waals surface area contributed by atoms with Crippen LogP contribution in [-0.4, -0.2) is 126 Å². The molecule has 5 N–H and O–H groups in total. The quantitative estimate of drug-likeness (QED) is 0.117. The van der Waals surface area contributed by atoms with E-state index in [1.165, 1.54) is 7.11 Å². The molecule has 0 aromatic carbocycles. The van der Waals surface area contributed by atoms with Crippen LogP contribution in [0.25, 0.3) is 0 Å². The van der Waals surface area contributed by atoms with Crippen molar-refractivity contribution in [3.05, 3.63) is 0 Å². The van der Waals surface area contributed by atoms with E-state index in [9.17, 15) is 38.5 Å². The van der Waals surface area contributed by atoms with E-state index in [2.05, 4.69) is 0 Å². The summed E-state index contributed by atoms with van der Waals surface area (Å²) in [6.45, 7) is 0.369. The van der Waals surface area contributed by atoms with E-state index in [1.807, 2.05) is 0 Å². The molecule has 2 rings (SSSR count). The normalized spacial score (nSPS) is 41.5. The number of hydrogen-bond acceptors (Lipinski definition) is 13. The molecule has 0 aromatic rings. The van der Waals surface area contributed by atoms with E-state index in [1.54, 1.807) is 6.92 Å². The second-order valence-electron chi connectivity index (χ2n) is 7.26. The minimum atomic E-state index is -4.45. The number of rotatable bonds is 9. The first-order chi connectivity index (χ1) is 14.0. The largest absolute Gasteiger partial charge is 1.00 e. The van der Waals surface area contributed by atoms with Crippen LogP contribution in [0, 0.1) is 5.92 Å². The Morgan fingerprint density at radius 1 is 0.968 bits per heavy atom. The van der Waals surface area contributed by atoms with Crippen molar-refractivity contribution in [1.29, 1.82) is 0 Å². The second kappa shape index (κ2) is 12.8. The molecule has 178 valence electrons. The van der Waals surface area contributed by atoms with Gasteiger partial charge in [-0.2, -0.15) is 0 Å². The summed E-state index contributed by atoms with van der Waals surface area (Å²) in [5, 5.41) is 50.5. The Balaban J connectivity index is 0.00000480. The van der Waals surface area contributed by atoms with Gasteiger partial charge in [0.05, 0.1) is 47.9 Å². The fourth-order valence-corrected chi connectivity index (χ4v) is 3.63. The van der Waals surface area contributed by atoms with Gasteiger partial charge in [-0.1, -0.05) is 6.92 Å². The first-order valence-corrected chi connectivity index (χ1v) is 10.9. The average molecular weight is 484 g/mol. The summed E-state index contributed by atoms with van der Waals surface area (Å²) in [6, 6.07) is 0. The van der Waals surface area contributed by atoms with Crippen LogP contribution in [0.2, 0.25) is 0 Å². The molecule has 0 spiro atoms. The zero-order chi connectivity index (χ0) is 22.6. The Kier molecular flexibility index (Phi) is 12.2. The van der Waals surface area contributed by atoms with Gasteiger partial charge in [0.1, 0.15) is 30.5 Å². The molecule has 0 aromatic heterocycles. The predicted octanol–water partition coefficient (Wildman–Crippen LogP) is -6.89. The third kappa shape index (κ3) is 7.77. The molecular formula is C16H29NaO13S. The van der Waals surface area contributed by atoms with E-state index < -0.39 is 83.7 Å². The zero-order valence-corrected chi connectivity index (χ0v) is 20.3. The van der Waals surface area contributed by atoms with Crippen LogP contribution in [0.5, 0.6) is 0 Å². The maximum Gasteiger partial charge on any atom is 1.00 e. The third-order valence-corrected chi connectivity index (χ3v) is 5.83. The number of methoxy groups -OCH3 is 1. The Morgan fingerprint density at radius 3 is 2.10 bits per heavy atom. The first kappa shape index (κ1) is 29.5. The van der Waals surface area contributed by atoms with E-state index in [0.717, 1.165) is 0 Å². The number of ether oxygens (including phenoxy) is 5. The Hall–Kier alpha value is 0.510. The molecule has 31 heavy (non-hydrogen) atoms. The van der Waals surface area contributed by atoms with Crippen LogP contribution < -0.4 is 29.6 Å². The fraction of sp³-hybridized carbons (Fsp3) is 1.00. The molecule has 10 atom stereocenters. The average Bonchev–Trinajstić information content (AvgIpc) is 2.69. The molecule has 0 aliphatic carbocycles. The Morgan fingerprint density at radius 2 is 1.55 bits per heavy atom. The van der Waals surface area contributed by atoms with Gasteiger partial charge < -0.3 is 53.8 Å². The molecule has 2 aliphatic rings. The molecular weight excluding hydrogens is 455 g/mol. The summed E-state index contributed by atoms with van der Waals surface area (Å²) in [5.41, 5.74) is 0. The van der Waals surface area contributed by atoms with Crippen molar-refractivity contribution < 1.29 is 91.7 Å². The molecule has 2 aliphatic heterocycles. The molecule has 0 amide bonds. The van der Waals surface area contributed by atoms with Gasteiger partial charge in [0.2, 0.25) is 0 Å². The van der Waals surface area contributed by atoms with Gasteiger partial charge in [-0.3, -0.25) is 0 Å². The first-order valence-electron chi connectivity index (χ1n) is 9.33. The minimum Gasteiger partial charge on any atom is -0.748 e. The van der Waals surface area contributed by atoms with Crippen LogP contribution in [0.4, 0.5) is 0 Å². The third-order valence-electron chi connectivity index (χ3n) is 5.17. The van der Waals surface area contributed by atoms with Gasteiger partial charge in [-0.15, -0.1) is 0 Å². The maximum absolute atomic E-state index is 10.6. The number of aliphatic hydroxyl groups excluding tert-OH is 5. The SMILES string of the molecule is CO[C@H]1OC(CO)[C@@H](O[C@H]2OC(COCCS(=O)(=O)[O-])[C@H](C)[C@@H](O)C2O)[C@@H](O)C1O.[Na+]. The topological polar surface area (TPSA) is 204 Å².